The Morgan fingerprint density at radius 3 is 2.53 bits per heavy atom. The van der Waals surface area contributed by atoms with Crippen molar-refractivity contribution < 1.29 is 22.9 Å². The Morgan fingerprint density at radius 1 is 1.23 bits per heavy atom. The first-order valence-electron chi connectivity index (χ1n) is 10.1. The Labute approximate surface area is 176 Å². The van der Waals surface area contributed by atoms with Crippen LogP contribution in [0.15, 0.2) is 23.1 Å². The van der Waals surface area contributed by atoms with E-state index in [-0.39, 0.29) is 35.5 Å². The topological polar surface area (TPSA) is 122 Å². The second-order valence-electron chi connectivity index (χ2n) is 7.63. The Morgan fingerprint density at radius 2 is 1.90 bits per heavy atom. The number of carbonyl (C=O) groups is 1. The predicted molar refractivity (Wildman–Crippen MR) is 110 cm³/mol. The second kappa shape index (κ2) is 9.82. The molecular formula is C19H28N4O6S. The summed E-state index contributed by atoms with van der Waals surface area (Å²) in [6.45, 7) is 6.53. The smallest absolute Gasteiger partial charge is 0.270 e. The van der Waals surface area contributed by atoms with Crippen LogP contribution in [0.1, 0.15) is 18.4 Å². The van der Waals surface area contributed by atoms with E-state index < -0.39 is 14.9 Å². The molecule has 2 heterocycles. The number of rotatable bonds is 7. The lowest BCUT2D eigenvalue weighted by Crippen LogP contribution is -2.45. The highest BCUT2D eigenvalue weighted by Gasteiger charge is 2.33. The third kappa shape index (κ3) is 5.34. The van der Waals surface area contributed by atoms with E-state index in [1.54, 1.807) is 6.92 Å². The highest BCUT2D eigenvalue weighted by atomic mass is 32.2. The summed E-state index contributed by atoms with van der Waals surface area (Å²) in [7, 11) is -3.85. The molecule has 1 amide bonds. The van der Waals surface area contributed by atoms with Gasteiger partial charge in [0.2, 0.25) is 15.9 Å². The maximum atomic E-state index is 13.0. The van der Waals surface area contributed by atoms with Crippen LogP contribution < -0.4 is 5.32 Å². The summed E-state index contributed by atoms with van der Waals surface area (Å²) in [5, 5.41) is 14.0. The van der Waals surface area contributed by atoms with Gasteiger partial charge in [-0.1, -0.05) is 6.07 Å². The minimum Gasteiger partial charge on any atom is -0.379 e. The number of sulfonamides is 1. The van der Waals surface area contributed by atoms with Crippen LogP contribution in [0, 0.1) is 23.0 Å². The van der Waals surface area contributed by atoms with Gasteiger partial charge in [-0.3, -0.25) is 19.8 Å². The van der Waals surface area contributed by atoms with Gasteiger partial charge in [0.25, 0.3) is 5.69 Å². The molecule has 0 unspecified atom stereocenters. The number of nitrogens with zero attached hydrogens (tertiary/aromatic N) is 3. The molecule has 166 valence electrons. The zero-order valence-electron chi connectivity index (χ0n) is 17.1. The van der Waals surface area contributed by atoms with Gasteiger partial charge in [-0.25, -0.2) is 8.42 Å². The number of amides is 1. The molecule has 2 aliphatic heterocycles. The first kappa shape index (κ1) is 22.6. The molecule has 10 nitrogen and oxygen atoms in total. The summed E-state index contributed by atoms with van der Waals surface area (Å²) >= 11 is 0. The molecule has 2 saturated heterocycles. The maximum absolute atomic E-state index is 13.0. The predicted octanol–water partition coefficient (Wildman–Crippen LogP) is 0.752. The van der Waals surface area contributed by atoms with Crippen LogP contribution in [0.25, 0.3) is 0 Å². The lowest BCUT2D eigenvalue weighted by molar-refractivity contribution is -0.385. The summed E-state index contributed by atoms with van der Waals surface area (Å²) in [6, 6.07) is 3.84. The third-order valence-electron chi connectivity index (χ3n) is 5.66. The molecule has 0 aliphatic carbocycles. The average molecular weight is 441 g/mol. The number of nitrogens with one attached hydrogen (secondary N) is 1. The van der Waals surface area contributed by atoms with Crippen molar-refractivity contribution in [1.29, 1.82) is 0 Å². The van der Waals surface area contributed by atoms with Gasteiger partial charge in [-0.2, -0.15) is 4.31 Å². The number of ether oxygens (including phenoxy) is 1. The van der Waals surface area contributed by atoms with E-state index in [2.05, 4.69) is 10.2 Å². The molecule has 3 rings (SSSR count). The van der Waals surface area contributed by atoms with Crippen LogP contribution in [0.3, 0.4) is 0 Å². The Balaban J connectivity index is 1.53. The number of carbonyl (C=O) groups excluding carboxylic acids is 1. The quantitative estimate of drug-likeness (QED) is 0.490. The number of hydrogen-bond acceptors (Lipinski definition) is 7. The van der Waals surface area contributed by atoms with E-state index in [1.165, 1.54) is 16.4 Å². The molecule has 0 atom stereocenters. The van der Waals surface area contributed by atoms with Crippen molar-refractivity contribution in [1.82, 2.24) is 14.5 Å². The SMILES string of the molecule is Cc1ccc([N+](=O)[O-])cc1S(=O)(=O)N1CCC(C(=O)NCCN2CCOCC2)CC1. The molecule has 0 radical (unpaired) electrons. The molecule has 0 bridgehead atoms. The van der Waals surface area contributed by atoms with Gasteiger partial charge in [0, 0.05) is 57.3 Å². The van der Waals surface area contributed by atoms with E-state index in [0.29, 0.717) is 38.2 Å². The largest absolute Gasteiger partial charge is 0.379 e. The van der Waals surface area contributed by atoms with Crippen molar-refractivity contribution in [2.24, 2.45) is 5.92 Å². The highest BCUT2D eigenvalue weighted by Crippen LogP contribution is 2.28. The number of benzene rings is 1. The van der Waals surface area contributed by atoms with Crippen LogP contribution in [-0.2, 0) is 19.6 Å². The fourth-order valence-corrected chi connectivity index (χ4v) is 5.50. The number of piperidine rings is 1. The van der Waals surface area contributed by atoms with Crippen molar-refractivity contribution in [3.05, 3.63) is 33.9 Å². The van der Waals surface area contributed by atoms with Gasteiger partial charge in [-0.15, -0.1) is 0 Å². The normalized spacial score (nSPS) is 19.5. The van der Waals surface area contributed by atoms with Gasteiger partial charge in [0.15, 0.2) is 0 Å². The average Bonchev–Trinajstić information content (AvgIpc) is 2.74. The second-order valence-corrected chi connectivity index (χ2v) is 9.54. The lowest BCUT2D eigenvalue weighted by Gasteiger charge is -2.31. The van der Waals surface area contributed by atoms with E-state index in [4.69, 9.17) is 4.74 Å². The molecule has 1 N–H and O–H groups in total. The summed E-state index contributed by atoms with van der Waals surface area (Å²) in [5.74, 6) is -0.279. The first-order valence-corrected chi connectivity index (χ1v) is 11.6. The van der Waals surface area contributed by atoms with Crippen LogP contribution >= 0.6 is 0 Å². The van der Waals surface area contributed by atoms with Crippen molar-refractivity contribution in [3.63, 3.8) is 0 Å². The minimum absolute atomic E-state index is 0.0492. The summed E-state index contributed by atoms with van der Waals surface area (Å²) < 4.78 is 32.6. The molecule has 2 aliphatic rings. The third-order valence-corrected chi connectivity index (χ3v) is 7.70. The molecule has 0 spiro atoms. The fraction of sp³-hybridized carbons (Fsp3) is 0.632. The van der Waals surface area contributed by atoms with Crippen molar-refractivity contribution in [2.45, 2.75) is 24.7 Å². The molecular weight excluding hydrogens is 412 g/mol. The van der Waals surface area contributed by atoms with Gasteiger partial charge in [-0.05, 0) is 25.3 Å². The van der Waals surface area contributed by atoms with Crippen LogP contribution in [0.4, 0.5) is 5.69 Å². The number of nitro benzene ring substituents is 1. The molecule has 30 heavy (non-hydrogen) atoms. The summed E-state index contributed by atoms with van der Waals surface area (Å²) in [5.41, 5.74) is 0.206. The highest BCUT2D eigenvalue weighted by molar-refractivity contribution is 7.89. The van der Waals surface area contributed by atoms with Crippen LogP contribution in [0.5, 0.6) is 0 Å². The zero-order valence-corrected chi connectivity index (χ0v) is 17.9. The molecule has 0 saturated carbocycles. The number of non-ortho nitro benzene ring substituents is 1. The molecule has 1 aromatic rings. The Kier molecular flexibility index (Phi) is 7.40. The summed E-state index contributed by atoms with van der Waals surface area (Å²) in [6.07, 6.45) is 0.854. The van der Waals surface area contributed by atoms with Crippen LogP contribution in [-0.4, -0.2) is 80.9 Å². The minimum atomic E-state index is -3.85. The Hall–Kier alpha value is -2.08. The van der Waals surface area contributed by atoms with Gasteiger partial charge >= 0.3 is 0 Å². The molecule has 11 heteroatoms. The first-order chi connectivity index (χ1) is 14.3. The van der Waals surface area contributed by atoms with Crippen molar-refractivity contribution in [2.75, 3.05) is 52.5 Å². The standard InChI is InChI=1S/C19H28N4O6S/c1-15-2-3-17(23(25)26)14-18(15)30(27,28)22-7-4-16(5-8-22)19(24)20-6-9-21-10-12-29-13-11-21/h2-3,14,16H,4-13H2,1H3,(H,20,24). The number of aryl methyl sites for hydroxylation is 1. The van der Waals surface area contributed by atoms with E-state index in [1.807, 2.05) is 0 Å². The maximum Gasteiger partial charge on any atom is 0.270 e. The van der Waals surface area contributed by atoms with E-state index in [0.717, 1.165) is 25.7 Å². The van der Waals surface area contributed by atoms with E-state index >= 15 is 0 Å². The lowest BCUT2D eigenvalue weighted by atomic mass is 9.97. The molecule has 1 aromatic carbocycles. The number of hydrogen-bond donors (Lipinski definition) is 1. The molecule has 0 aromatic heterocycles. The van der Waals surface area contributed by atoms with Gasteiger partial charge in [0.1, 0.15) is 0 Å². The number of nitro groups is 1. The zero-order chi connectivity index (χ0) is 21.7. The van der Waals surface area contributed by atoms with Crippen molar-refractivity contribution in [3.8, 4) is 0 Å². The van der Waals surface area contributed by atoms with Gasteiger partial charge in [0.05, 0.1) is 23.0 Å². The van der Waals surface area contributed by atoms with Crippen molar-refractivity contribution >= 4 is 21.6 Å². The van der Waals surface area contributed by atoms with Crippen LogP contribution in [0.2, 0.25) is 0 Å². The fourth-order valence-electron chi connectivity index (χ4n) is 3.78. The monoisotopic (exact) mass is 440 g/mol. The molecule has 2 fully saturated rings. The number of morpholine rings is 1. The van der Waals surface area contributed by atoms with Gasteiger partial charge < -0.3 is 10.1 Å². The Bertz CT molecular complexity index is 877. The summed E-state index contributed by atoms with van der Waals surface area (Å²) in [4.78, 5) is 25.0. The van der Waals surface area contributed by atoms with E-state index in [9.17, 15) is 23.3 Å².